The molecule has 3 N–H and O–H groups in total. The molecule has 1 aromatic carbocycles. The molecular weight excluding hydrogens is 241 g/mol. The van der Waals surface area contributed by atoms with Crippen molar-refractivity contribution in [2.24, 2.45) is 5.84 Å². The van der Waals surface area contributed by atoms with E-state index in [1.165, 1.54) is 18.2 Å². The zero-order chi connectivity index (χ0) is 12.3. The summed E-state index contributed by atoms with van der Waals surface area (Å²) in [7, 11) is 0. The van der Waals surface area contributed by atoms with Crippen LogP contribution in [-0.4, -0.2) is 11.4 Å². The first-order valence-electron chi connectivity index (χ1n) is 4.62. The van der Waals surface area contributed by atoms with E-state index in [1.54, 1.807) is 6.92 Å². The van der Waals surface area contributed by atoms with Gasteiger partial charge in [0.2, 0.25) is 0 Å². The van der Waals surface area contributed by atoms with Gasteiger partial charge < -0.3 is 0 Å². The lowest BCUT2D eigenvalue weighted by Gasteiger charge is -2.21. The van der Waals surface area contributed by atoms with Gasteiger partial charge in [0.1, 0.15) is 11.9 Å². The summed E-state index contributed by atoms with van der Waals surface area (Å²) in [5.74, 6) is 4.59. The van der Waals surface area contributed by atoms with E-state index < -0.39 is 17.2 Å². The number of halogens is 4. The first-order chi connectivity index (χ1) is 7.34. The molecule has 0 aliphatic carbocycles. The molecule has 2 nitrogen and oxygen atoms in total. The van der Waals surface area contributed by atoms with E-state index in [1.807, 2.05) is 5.43 Å². The summed E-state index contributed by atoms with van der Waals surface area (Å²) in [6, 6.07) is 2.54. The van der Waals surface area contributed by atoms with Gasteiger partial charge in [-0.1, -0.05) is 6.07 Å². The average molecular weight is 253 g/mol. The first-order valence-corrected chi connectivity index (χ1v) is 5.00. The summed E-state index contributed by atoms with van der Waals surface area (Å²) in [4.78, 5) is 0. The van der Waals surface area contributed by atoms with Crippen molar-refractivity contribution in [3.63, 3.8) is 0 Å². The molecule has 90 valence electrons. The largest absolute Gasteiger partial charge is 0.338 e. The number of nitrogens with one attached hydrogen (secondary N) is 1. The second-order valence-electron chi connectivity index (χ2n) is 3.54. The molecule has 0 aliphatic rings. The highest BCUT2D eigenvalue weighted by Crippen LogP contribution is 2.26. The maximum Gasteiger partial charge on any atom is 0.338 e. The summed E-state index contributed by atoms with van der Waals surface area (Å²) in [6.07, 6.45) is -0.0703. The molecule has 1 rings (SSSR count). The average Bonchev–Trinajstić information content (AvgIpc) is 2.14. The minimum Gasteiger partial charge on any atom is -0.271 e. The molecule has 0 aliphatic heterocycles. The number of hydrazine groups is 1. The van der Waals surface area contributed by atoms with Crippen molar-refractivity contribution in [3.8, 4) is 0 Å². The van der Waals surface area contributed by atoms with E-state index in [9.17, 15) is 13.2 Å². The Balaban J connectivity index is 2.86. The van der Waals surface area contributed by atoms with Crippen LogP contribution in [0.5, 0.6) is 0 Å². The quantitative estimate of drug-likeness (QED) is 0.490. The van der Waals surface area contributed by atoms with Crippen LogP contribution in [0.3, 0.4) is 0 Å². The molecule has 0 bridgehead atoms. The van der Waals surface area contributed by atoms with Crippen LogP contribution in [0.2, 0.25) is 0 Å². The Labute approximate surface area is 96.6 Å². The summed E-state index contributed by atoms with van der Waals surface area (Å²) < 4.78 is 38.5. The molecule has 6 heteroatoms. The number of aryl methyl sites for hydroxylation is 1. The Morgan fingerprint density at radius 3 is 2.56 bits per heavy atom. The fourth-order valence-corrected chi connectivity index (χ4v) is 1.52. The molecule has 1 aromatic rings. The first kappa shape index (κ1) is 13.3. The lowest BCUT2D eigenvalue weighted by molar-refractivity contribution is 0.0502. The monoisotopic (exact) mass is 252 g/mol. The van der Waals surface area contributed by atoms with Crippen LogP contribution < -0.4 is 11.3 Å². The lowest BCUT2D eigenvalue weighted by Crippen LogP contribution is -2.47. The van der Waals surface area contributed by atoms with Crippen molar-refractivity contribution >= 4 is 11.6 Å². The van der Waals surface area contributed by atoms with Crippen LogP contribution in [0.1, 0.15) is 11.1 Å². The zero-order valence-corrected chi connectivity index (χ0v) is 9.36. The second-order valence-corrected chi connectivity index (χ2v) is 4.04. The van der Waals surface area contributed by atoms with Crippen molar-refractivity contribution < 1.29 is 13.2 Å². The van der Waals surface area contributed by atoms with Gasteiger partial charge >= 0.3 is 5.38 Å². The molecule has 0 fully saturated rings. The Morgan fingerprint density at radius 1 is 1.50 bits per heavy atom. The van der Waals surface area contributed by atoms with Gasteiger partial charge in [0.05, 0.1) is 0 Å². The molecule has 16 heavy (non-hydrogen) atoms. The van der Waals surface area contributed by atoms with Crippen LogP contribution in [0.25, 0.3) is 0 Å². The molecule has 1 atom stereocenters. The summed E-state index contributed by atoms with van der Waals surface area (Å²) >= 11 is 4.88. The lowest BCUT2D eigenvalue weighted by atomic mass is 10.0. The Morgan fingerprint density at radius 2 is 2.12 bits per heavy atom. The third-order valence-corrected chi connectivity index (χ3v) is 2.59. The SMILES string of the molecule is Cc1cc(F)ccc1CC(NN)C(F)(F)Cl. The van der Waals surface area contributed by atoms with Gasteiger partial charge in [-0.25, -0.2) is 9.82 Å². The maximum atomic E-state index is 12.8. The molecular formula is C10H12ClF3N2. The molecule has 1 unspecified atom stereocenters. The molecule has 0 amide bonds. The molecule has 0 spiro atoms. The molecule has 0 radical (unpaired) electrons. The third-order valence-electron chi connectivity index (χ3n) is 2.32. The Bertz CT molecular complexity index is 366. The fraction of sp³-hybridized carbons (Fsp3) is 0.400. The maximum absolute atomic E-state index is 12.8. The zero-order valence-electron chi connectivity index (χ0n) is 8.61. The minimum atomic E-state index is -3.45. The van der Waals surface area contributed by atoms with E-state index in [4.69, 9.17) is 17.4 Å². The smallest absolute Gasteiger partial charge is 0.271 e. The molecule has 0 saturated heterocycles. The highest BCUT2D eigenvalue weighted by atomic mass is 35.5. The van der Waals surface area contributed by atoms with Crippen LogP contribution in [-0.2, 0) is 6.42 Å². The summed E-state index contributed by atoms with van der Waals surface area (Å²) in [5, 5.41) is -3.45. The Hall–Kier alpha value is -0.780. The number of benzene rings is 1. The molecule has 0 heterocycles. The highest BCUT2D eigenvalue weighted by molar-refractivity contribution is 6.22. The number of alkyl halides is 3. The van der Waals surface area contributed by atoms with Crippen LogP contribution >= 0.6 is 11.6 Å². The molecule has 0 aromatic heterocycles. The van der Waals surface area contributed by atoms with Gasteiger partial charge in [-0.2, -0.15) is 8.78 Å². The predicted molar refractivity (Wildman–Crippen MR) is 56.8 cm³/mol. The van der Waals surface area contributed by atoms with E-state index in [0.717, 1.165) is 0 Å². The van der Waals surface area contributed by atoms with E-state index in [-0.39, 0.29) is 6.42 Å². The van der Waals surface area contributed by atoms with Gasteiger partial charge in [-0.3, -0.25) is 5.84 Å². The summed E-state index contributed by atoms with van der Waals surface area (Å²) in [6.45, 7) is 1.64. The number of rotatable bonds is 4. The van der Waals surface area contributed by atoms with Gasteiger partial charge in [-0.05, 0) is 48.2 Å². The number of hydrogen-bond donors (Lipinski definition) is 2. The van der Waals surface area contributed by atoms with E-state index in [2.05, 4.69) is 0 Å². The predicted octanol–water partition coefficient (Wildman–Crippen LogP) is 2.34. The normalized spacial score (nSPS) is 13.9. The summed E-state index contributed by atoms with van der Waals surface area (Å²) in [5.41, 5.74) is 3.11. The van der Waals surface area contributed by atoms with Gasteiger partial charge in [-0.15, -0.1) is 0 Å². The van der Waals surface area contributed by atoms with E-state index in [0.29, 0.717) is 11.1 Å². The fourth-order valence-electron chi connectivity index (χ4n) is 1.38. The topological polar surface area (TPSA) is 38.0 Å². The number of hydrogen-bond acceptors (Lipinski definition) is 2. The number of nitrogens with two attached hydrogens (primary N) is 1. The van der Waals surface area contributed by atoms with Crippen molar-refractivity contribution in [3.05, 3.63) is 35.1 Å². The van der Waals surface area contributed by atoms with Gasteiger partial charge in [0.25, 0.3) is 0 Å². The van der Waals surface area contributed by atoms with Crippen molar-refractivity contribution in [2.45, 2.75) is 24.8 Å². The van der Waals surface area contributed by atoms with Gasteiger partial charge in [0, 0.05) is 0 Å². The van der Waals surface area contributed by atoms with Crippen LogP contribution in [0.4, 0.5) is 13.2 Å². The van der Waals surface area contributed by atoms with Crippen molar-refractivity contribution in [1.29, 1.82) is 0 Å². The Kier molecular flexibility index (Phi) is 4.18. The minimum absolute atomic E-state index is 0.0703. The van der Waals surface area contributed by atoms with Gasteiger partial charge in [0.15, 0.2) is 0 Å². The highest BCUT2D eigenvalue weighted by Gasteiger charge is 2.36. The van der Waals surface area contributed by atoms with Crippen molar-refractivity contribution in [2.75, 3.05) is 0 Å². The standard InChI is InChI=1S/C10H12ClF3N2/c1-6-4-8(12)3-2-7(6)5-9(16-15)10(11,13)14/h2-4,9,16H,5,15H2,1H3. The van der Waals surface area contributed by atoms with Crippen molar-refractivity contribution in [1.82, 2.24) is 5.43 Å². The van der Waals surface area contributed by atoms with E-state index >= 15 is 0 Å². The second kappa shape index (κ2) is 5.03. The third kappa shape index (κ3) is 3.37. The van der Waals surface area contributed by atoms with Crippen LogP contribution in [0, 0.1) is 12.7 Å². The van der Waals surface area contributed by atoms with Crippen LogP contribution in [0.15, 0.2) is 18.2 Å². The molecule has 0 saturated carbocycles.